The molecule has 0 spiro atoms. The number of hydrogen-bond acceptors (Lipinski definition) is 4. The third kappa shape index (κ3) is 3.46. The number of ether oxygens (including phenoxy) is 1. The van der Waals surface area contributed by atoms with E-state index in [0.29, 0.717) is 16.8 Å². The van der Waals surface area contributed by atoms with E-state index in [1.54, 1.807) is 0 Å². The van der Waals surface area contributed by atoms with Gasteiger partial charge >= 0.3 is 18.0 Å². The molecule has 23 heavy (non-hydrogen) atoms. The van der Waals surface area contributed by atoms with E-state index < -0.39 is 41.4 Å². The zero-order valence-electron chi connectivity index (χ0n) is 11.1. The highest BCUT2D eigenvalue weighted by atomic mass is 19.4. The second-order valence-electron chi connectivity index (χ2n) is 4.26. The molecule has 1 heterocycles. The lowest BCUT2D eigenvalue weighted by Gasteiger charge is -2.31. The van der Waals surface area contributed by atoms with Crippen molar-refractivity contribution in [3.63, 3.8) is 0 Å². The van der Waals surface area contributed by atoms with Gasteiger partial charge in [-0.3, -0.25) is 14.2 Å². The summed E-state index contributed by atoms with van der Waals surface area (Å²) in [7, 11) is 0. The summed E-state index contributed by atoms with van der Waals surface area (Å²) in [5, 5.41) is 8.90. The van der Waals surface area contributed by atoms with E-state index in [0.717, 1.165) is 13.1 Å². The molecule has 130 valence electrons. The Labute approximate surface area is 122 Å². The first-order valence-corrected chi connectivity index (χ1v) is 5.62. The van der Waals surface area contributed by atoms with Crippen LogP contribution in [0.1, 0.15) is 11.7 Å². The predicted octanol–water partition coefficient (Wildman–Crippen LogP) is 2.04. The minimum absolute atomic E-state index is 0.454. The normalized spacial score (nSPS) is 14.5. The van der Waals surface area contributed by atoms with Crippen molar-refractivity contribution in [1.82, 2.24) is 4.57 Å². The largest absolute Gasteiger partial charge is 0.460 e. The van der Waals surface area contributed by atoms with Crippen molar-refractivity contribution in [3.8, 4) is 5.75 Å². The standard InChI is InChI=1S/C11H8F7NO4/c1-5(20)19-3-2-6(21)7(4-19)23-8(22)9(12,13)10(14,15)11(16,17)18/h2-4,8,22H,1H3. The van der Waals surface area contributed by atoms with Gasteiger partial charge in [0.25, 0.3) is 6.29 Å². The molecule has 0 saturated heterocycles. The van der Waals surface area contributed by atoms with Gasteiger partial charge in [0.15, 0.2) is 5.75 Å². The molecule has 0 fully saturated rings. The summed E-state index contributed by atoms with van der Waals surface area (Å²) in [5.74, 6) is -14.7. The Bertz CT molecular complexity index is 653. The molecule has 0 bridgehead atoms. The van der Waals surface area contributed by atoms with Gasteiger partial charge in [-0.2, -0.15) is 30.7 Å². The SMILES string of the molecule is CC(=O)n1ccc(=O)c(OC(O)C(F)(F)C(F)(F)C(F)(F)F)c1. The lowest BCUT2D eigenvalue weighted by atomic mass is 10.1. The molecule has 1 rings (SSSR count). The molecule has 0 saturated carbocycles. The van der Waals surface area contributed by atoms with E-state index in [9.17, 15) is 40.3 Å². The highest BCUT2D eigenvalue weighted by Crippen LogP contribution is 2.48. The monoisotopic (exact) mass is 351 g/mol. The van der Waals surface area contributed by atoms with Gasteiger partial charge in [-0.25, -0.2) is 0 Å². The summed E-state index contributed by atoms with van der Waals surface area (Å²) in [6.45, 7) is 0.969. The van der Waals surface area contributed by atoms with Gasteiger partial charge < -0.3 is 9.84 Å². The molecule has 1 aromatic rings. The number of aromatic nitrogens is 1. The number of rotatable bonds is 4. The van der Waals surface area contributed by atoms with E-state index >= 15 is 0 Å². The zero-order chi connectivity index (χ0) is 18.2. The summed E-state index contributed by atoms with van der Waals surface area (Å²) < 4.78 is 92.1. The Morgan fingerprint density at radius 1 is 1.22 bits per heavy atom. The van der Waals surface area contributed by atoms with Gasteiger partial charge in [-0.1, -0.05) is 0 Å². The van der Waals surface area contributed by atoms with Crippen molar-refractivity contribution in [2.24, 2.45) is 0 Å². The lowest BCUT2D eigenvalue weighted by Crippen LogP contribution is -2.59. The Balaban J connectivity index is 3.17. The number of pyridine rings is 1. The van der Waals surface area contributed by atoms with Crippen molar-refractivity contribution in [2.45, 2.75) is 31.2 Å². The van der Waals surface area contributed by atoms with Crippen LogP contribution in [0.15, 0.2) is 23.3 Å². The Hall–Kier alpha value is -2.11. The number of carbonyl (C=O) groups is 1. The quantitative estimate of drug-likeness (QED) is 0.666. The molecular formula is C11H8F7NO4. The van der Waals surface area contributed by atoms with Crippen LogP contribution in [-0.2, 0) is 0 Å². The molecule has 1 N–H and O–H groups in total. The summed E-state index contributed by atoms with van der Waals surface area (Å²) in [6.07, 6.45) is -9.34. The maximum atomic E-state index is 13.1. The van der Waals surface area contributed by atoms with Gasteiger partial charge in [-0.05, 0) is 0 Å². The zero-order valence-corrected chi connectivity index (χ0v) is 11.1. The number of aliphatic hydroxyl groups is 1. The molecule has 0 radical (unpaired) electrons. The minimum atomic E-state index is -6.67. The lowest BCUT2D eigenvalue weighted by molar-refractivity contribution is -0.387. The van der Waals surface area contributed by atoms with Gasteiger partial charge in [0.05, 0.1) is 6.20 Å². The topological polar surface area (TPSA) is 68.5 Å². The summed E-state index contributed by atoms with van der Waals surface area (Å²) in [6, 6.07) is 0.601. The Kier molecular flexibility index (Phi) is 4.80. The first-order chi connectivity index (χ1) is 10.2. The summed E-state index contributed by atoms with van der Waals surface area (Å²) in [5.41, 5.74) is -1.23. The van der Waals surface area contributed by atoms with Crippen LogP contribution in [0, 0.1) is 0 Å². The first kappa shape index (κ1) is 18.9. The average molecular weight is 351 g/mol. The van der Waals surface area contributed by atoms with Gasteiger partial charge in [0.2, 0.25) is 11.3 Å². The number of aliphatic hydroxyl groups excluding tert-OH is 1. The van der Waals surface area contributed by atoms with E-state index in [1.807, 2.05) is 0 Å². The van der Waals surface area contributed by atoms with Crippen LogP contribution in [0.5, 0.6) is 5.75 Å². The van der Waals surface area contributed by atoms with Crippen LogP contribution in [0.2, 0.25) is 0 Å². The number of carbonyl (C=O) groups excluding carboxylic acids is 1. The van der Waals surface area contributed by atoms with Gasteiger partial charge in [0.1, 0.15) is 0 Å². The molecular weight excluding hydrogens is 343 g/mol. The second kappa shape index (κ2) is 5.83. The van der Waals surface area contributed by atoms with Crippen molar-refractivity contribution < 1.29 is 45.4 Å². The third-order valence-corrected chi connectivity index (χ3v) is 2.57. The van der Waals surface area contributed by atoms with Crippen molar-refractivity contribution in [1.29, 1.82) is 0 Å². The van der Waals surface area contributed by atoms with Gasteiger partial charge in [-0.15, -0.1) is 0 Å². The summed E-state index contributed by atoms with van der Waals surface area (Å²) >= 11 is 0. The van der Waals surface area contributed by atoms with E-state index in [1.165, 1.54) is 0 Å². The molecule has 0 aliphatic heterocycles. The first-order valence-electron chi connectivity index (χ1n) is 5.62. The van der Waals surface area contributed by atoms with E-state index in [2.05, 4.69) is 4.74 Å². The molecule has 0 aliphatic rings. The third-order valence-electron chi connectivity index (χ3n) is 2.57. The van der Waals surface area contributed by atoms with Crippen LogP contribution in [-0.4, -0.2) is 39.9 Å². The second-order valence-corrected chi connectivity index (χ2v) is 4.26. The van der Waals surface area contributed by atoms with Crippen LogP contribution in [0.4, 0.5) is 30.7 Å². The average Bonchev–Trinajstić information content (AvgIpc) is 2.39. The summed E-state index contributed by atoms with van der Waals surface area (Å²) in [4.78, 5) is 22.3. The molecule has 0 aromatic carbocycles. The molecule has 0 amide bonds. The van der Waals surface area contributed by atoms with E-state index in [4.69, 9.17) is 5.11 Å². The van der Waals surface area contributed by atoms with Crippen molar-refractivity contribution in [3.05, 3.63) is 28.7 Å². The van der Waals surface area contributed by atoms with Crippen molar-refractivity contribution >= 4 is 5.91 Å². The number of alkyl halides is 7. The van der Waals surface area contributed by atoms with Crippen LogP contribution >= 0.6 is 0 Å². The molecule has 1 aromatic heterocycles. The minimum Gasteiger partial charge on any atom is -0.453 e. The fourth-order valence-corrected chi connectivity index (χ4v) is 1.29. The van der Waals surface area contributed by atoms with Crippen LogP contribution < -0.4 is 10.2 Å². The molecule has 0 aliphatic carbocycles. The molecule has 12 heteroatoms. The predicted molar refractivity (Wildman–Crippen MR) is 59.6 cm³/mol. The number of hydrogen-bond donors (Lipinski definition) is 1. The smallest absolute Gasteiger partial charge is 0.453 e. The molecule has 1 atom stereocenters. The van der Waals surface area contributed by atoms with Crippen LogP contribution in [0.25, 0.3) is 0 Å². The highest BCUT2D eigenvalue weighted by Gasteiger charge is 2.76. The molecule has 1 unspecified atom stereocenters. The van der Waals surface area contributed by atoms with Crippen molar-refractivity contribution in [2.75, 3.05) is 0 Å². The number of halogens is 7. The van der Waals surface area contributed by atoms with Gasteiger partial charge in [0, 0.05) is 19.2 Å². The van der Waals surface area contributed by atoms with Crippen LogP contribution in [0.3, 0.4) is 0 Å². The Morgan fingerprint density at radius 2 is 1.74 bits per heavy atom. The Morgan fingerprint density at radius 3 is 2.17 bits per heavy atom. The number of nitrogens with zero attached hydrogens (tertiary/aromatic N) is 1. The maximum Gasteiger partial charge on any atom is 0.460 e. The fourth-order valence-electron chi connectivity index (χ4n) is 1.29. The van der Waals surface area contributed by atoms with E-state index in [-0.39, 0.29) is 0 Å². The fraction of sp³-hybridized carbons (Fsp3) is 0.455. The highest BCUT2D eigenvalue weighted by molar-refractivity contribution is 5.76. The molecule has 5 nitrogen and oxygen atoms in total. The maximum absolute atomic E-state index is 13.1.